The highest BCUT2D eigenvalue weighted by Gasteiger charge is 2.23. The highest BCUT2D eigenvalue weighted by atomic mass is 19.1. The number of halogens is 1. The fourth-order valence-corrected chi connectivity index (χ4v) is 4.17. The van der Waals surface area contributed by atoms with E-state index >= 15 is 0 Å². The Hall–Kier alpha value is -3.32. The lowest BCUT2D eigenvalue weighted by Gasteiger charge is -2.36. The molecular formula is C23H23FN6. The molecule has 1 aromatic carbocycles. The normalized spacial score (nSPS) is 19.4. The van der Waals surface area contributed by atoms with Gasteiger partial charge in [-0.15, -0.1) is 0 Å². The van der Waals surface area contributed by atoms with E-state index in [4.69, 9.17) is 9.97 Å². The van der Waals surface area contributed by atoms with Crippen molar-refractivity contribution in [3.63, 3.8) is 0 Å². The number of pyridine rings is 2. The summed E-state index contributed by atoms with van der Waals surface area (Å²) < 4.78 is 15.5. The van der Waals surface area contributed by atoms with Gasteiger partial charge in [0.2, 0.25) is 0 Å². The average Bonchev–Trinajstić information content (AvgIpc) is 3.13. The van der Waals surface area contributed by atoms with E-state index in [1.807, 2.05) is 28.8 Å². The van der Waals surface area contributed by atoms with Gasteiger partial charge in [-0.1, -0.05) is 0 Å². The first-order valence-electron chi connectivity index (χ1n) is 10.2. The SMILES string of the molecule is C[C@@H]1CN(c2ccc3nc(-c4ccc(F)cc4)n(-c4ccncc4)c3n2)C[C@H](C)N1. The van der Waals surface area contributed by atoms with Crippen LogP contribution in [0.1, 0.15) is 13.8 Å². The van der Waals surface area contributed by atoms with E-state index in [0.717, 1.165) is 47.1 Å². The minimum absolute atomic E-state index is 0.271. The molecule has 3 aromatic heterocycles. The molecule has 5 rings (SSSR count). The first kappa shape index (κ1) is 18.7. The second-order valence-corrected chi connectivity index (χ2v) is 7.87. The number of hydrogen-bond donors (Lipinski definition) is 1. The largest absolute Gasteiger partial charge is 0.353 e. The van der Waals surface area contributed by atoms with Crippen molar-refractivity contribution in [1.82, 2.24) is 24.8 Å². The third-order valence-corrected chi connectivity index (χ3v) is 5.39. The van der Waals surface area contributed by atoms with Crippen LogP contribution in [0.15, 0.2) is 60.9 Å². The van der Waals surface area contributed by atoms with E-state index in [1.165, 1.54) is 12.1 Å². The lowest BCUT2D eigenvalue weighted by atomic mass is 10.1. The van der Waals surface area contributed by atoms with Crippen molar-refractivity contribution in [2.24, 2.45) is 0 Å². The lowest BCUT2D eigenvalue weighted by molar-refractivity contribution is 0.405. The Balaban J connectivity index is 1.68. The quantitative estimate of drug-likeness (QED) is 0.565. The van der Waals surface area contributed by atoms with Gasteiger partial charge in [-0.25, -0.2) is 14.4 Å². The molecule has 1 N–H and O–H groups in total. The predicted molar refractivity (Wildman–Crippen MR) is 116 cm³/mol. The van der Waals surface area contributed by atoms with Crippen molar-refractivity contribution >= 4 is 17.0 Å². The Kier molecular flexibility index (Phi) is 4.67. The van der Waals surface area contributed by atoms with Gasteiger partial charge < -0.3 is 10.2 Å². The van der Waals surface area contributed by atoms with Gasteiger partial charge in [0.15, 0.2) is 5.65 Å². The van der Waals surface area contributed by atoms with Crippen molar-refractivity contribution in [3.8, 4) is 17.1 Å². The molecule has 1 saturated heterocycles. The van der Waals surface area contributed by atoms with Gasteiger partial charge in [0.1, 0.15) is 23.0 Å². The molecule has 0 bridgehead atoms. The Morgan fingerprint density at radius 3 is 2.30 bits per heavy atom. The summed E-state index contributed by atoms with van der Waals surface area (Å²) >= 11 is 0. The zero-order valence-corrected chi connectivity index (χ0v) is 17.0. The number of aromatic nitrogens is 4. The third-order valence-electron chi connectivity index (χ3n) is 5.39. The molecule has 0 spiro atoms. The second kappa shape index (κ2) is 7.50. The van der Waals surface area contributed by atoms with Crippen LogP contribution >= 0.6 is 0 Å². The molecule has 1 aliphatic heterocycles. The van der Waals surface area contributed by atoms with Gasteiger partial charge >= 0.3 is 0 Å². The Bertz CT molecular complexity index is 1160. The van der Waals surface area contributed by atoms with Crippen LogP contribution in [0.5, 0.6) is 0 Å². The van der Waals surface area contributed by atoms with Gasteiger partial charge in [0.05, 0.1) is 5.69 Å². The number of fused-ring (bicyclic) bond motifs is 1. The zero-order chi connectivity index (χ0) is 20.7. The third kappa shape index (κ3) is 3.41. The maximum Gasteiger partial charge on any atom is 0.167 e. The van der Waals surface area contributed by atoms with Gasteiger partial charge in [-0.05, 0) is 62.4 Å². The molecular weight excluding hydrogens is 379 g/mol. The van der Waals surface area contributed by atoms with E-state index < -0.39 is 0 Å². The van der Waals surface area contributed by atoms with E-state index in [-0.39, 0.29) is 5.82 Å². The molecule has 4 aromatic rings. The van der Waals surface area contributed by atoms with Gasteiger partial charge in [0, 0.05) is 43.1 Å². The lowest BCUT2D eigenvalue weighted by Crippen LogP contribution is -2.54. The van der Waals surface area contributed by atoms with Crippen LogP contribution in [-0.4, -0.2) is 44.7 Å². The number of hydrogen-bond acceptors (Lipinski definition) is 5. The number of imidazole rings is 1. The summed E-state index contributed by atoms with van der Waals surface area (Å²) in [6.07, 6.45) is 3.50. The van der Waals surface area contributed by atoms with Crippen LogP contribution in [0.2, 0.25) is 0 Å². The average molecular weight is 402 g/mol. The van der Waals surface area contributed by atoms with Crippen LogP contribution in [0.3, 0.4) is 0 Å². The molecule has 30 heavy (non-hydrogen) atoms. The van der Waals surface area contributed by atoms with Crippen LogP contribution in [0.25, 0.3) is 28.2 Å². The van der Waals surface area contributed by atoms with Crippen molar-refractivity contribution in [3.05, 3.63) is 66.7 Å². The smallest absolute Gasteiger partial charge is 0.167 e. The minimum atomic E-state index is -0.271. The molecule has 0 radical (unpaired) electrons. The summed E-state index contributed by atoms with van der Waals surface area (Å²) in [7, 11) is 0. The topological polar surface area (TPSA) is 58.9 Å². The molecule has 0 unspecified atom stereocenters. The Morgan fingerprint density at radius 1 is 0.900 bits per heavy atom. The number of benzene rings is 1. The van der Waals surface area contributed by atoms with Crippen molar-refractivity contribution in [1.29, 1.82) is 0 Å². The zero-order valence-electron chi connectivity index (χ0n) is 17.0. The van der Waals surface area contributed by atoms with E-state index in [1.54, 1.807) is 24.5 Å². The molecule has 1 aliphatic rings. The van der Waals surface area contributed by atoms with E-state index in [0.29, 0.717) is 12.1 Å². The second-order valence-electron chi connectivity index (χ2n) is 7.87. The Morgan fingerprint density at radius 2 is 1.60 bits per heavy atom. The highest BCUT2D eigenvalue weighted by Crippen LogP contribution is 2.29. The van der Waals surface area contributed by atoms with Crippen molar-refractivity contribution < 1.29 is 4.39 Å². The first-order chi connectivity index (χ1) is 14.6. The summed E-state index contributed by atoms with van der Waals surface area (Å²) in [6.45, 7) is 6.18. The first-order valence-corrected chi connectivity index (χ1v) is 10.2. The molecule has 7 heteroatoms. The maximum absolute atomic E-state index is 13.5. The monoisotopic (exact) mass is 402 g/mol. The summed E-state index contributed by atoms with van der Waals surface area (Å²) in [4.78, 5) is 16.3. The van der Waals surface area contributed by atoms with Crippen LogP contribution in [-0.2, 0) is 0 Å². The van der Waals surface area contributed by atoms with Gasteiger partial charge in [-0.3, -0.25) is 9.55 Å². The minimum Gasteiger partial charge on any atom is -0.353 e. The van der Waals surface area contributed by atoms with Crippen molar-refractivity contribution in [2.75, 3.05) is 18.0 Å². The highest BCUT2D eigenvalue weighted by molar-refractivity contribution is 5.81. The fraction of sp³-hybridized carbons (Fsp3) is 0.261. The molecule has 0 aliphatic carbocycles. The summed E-state index contributed by atoms with van der Waals surface area (Å²) in [6, 6.07) is 15.1. The summed E-state index contributed by atoms with van der Waals surface area (Å²) in [5, 5.41) is 3.56. The standard InChI is InChI=1S/C23H23FN6/c1-15-13-29(14-16(2)26-15)21-8-7-20-23(28-21)30(19-9-11-25-12-10-19)22(27-20)17-3-5-18(24)6-4-17/h3-12,15-16,26H,13-14H2,1-2H3/t15-,16+. The number of rotatable bonds is 3. The summed E-state index contributed by atoms with van der Waals surface area (Å²) in [5.74, 6) is 1.39. The molecule has 0 saturated carbocycles. The van der Waals surface area contributed by atoms with Crippen molar-refractivity contribution in [2.45, 2.75) is 25.9 Å². The van der Waals surface area contributed by atoms with Gasteiger partial charge in [-0.2, -0.15) is 0 Å². The molecule has 152 valence electrons. The van der Waals surface area contributed by atoms with Crippen LogP contribution < -0.4 is 10.2 Å². The van der Waals surface area contributed by atoms with Gasteiger partial charge in [0.25, 0.3) is 0 Å². The number of anilines is 1. The molecule has 1 fully saturated rings. The van der Waals surface area contributed by atoms with Crippen LogP contribution in [0, 0.1) is 5.82 Å². The molecule has 0 amide bonds. The van der Waals surface area contributed by atoms with Crippen LogP contribution in [0.4, 0.5) is 10.2 Å². The molecule has 4 heterocycles. The number of piperazine rings is 1. The molecule has 6 nitrogen and oxygen atoms in total. The maximum atomic E-state index is 13.5. The predicted octanol–water partition coefficient (Wildman–Crippen LogP) is 3.81. The van der Waals surface area contributed by atoms with E-state index in [2.05, 4.69) is 29.0 Å². The molecule has 2 atom stereocenters. The fourth-order valence-electron chi connectivity index (χ4n) is 4.17. The van der Waals surface area contributed by atoms with E-state index in [9.17, 15) is 4.39 Å². The number of nitrogens with zero attached hydrogens (tertiary/aromatic N) is 5. The number of nitrogens with one attached hydrogen (secondary N) is 1. The Labute approximate surface area is 174 Å². The summed E-state index contributed by atoms with van der Waals surface area (Å²) in [5.41, 5.74) is 3.32.